The van der Waals surface area contributed by atoms with E-state index in [4.69, 9.17) is 13.3 Å². The van der Waals surface area contributed by atoms with Crippen LogP contribution < -0.4 is 0 Å². The number of rotatable bonds is 2. The number of hydrogen-bond donors (Lipinski definition) is 0. The summed E-state index contributed by atoms with van der Waals surface area (Å²) >= 11 is 0. The smallest absolute Gasteiger partial charge is 0.284 e. The third-order valence-electron chi connectivity index (χ3n) is 2.11. The molecule has 0 unspecified atom stereocenters. The molecule has 3 rings (SSSR count). The molecule has 0 aliphatic rings. The van der Waals surface area contributed by atoms with Gasteiger partial charge in [0.05, 0.1) is 6.26 Å². The van der Waals surface area contributed by atoms with Gasteiger partial charge in [-0.3, -0.25) is 0 Å². The van der Waals surface area contributed by atoms with Gasteiger partial charge in [-0.1, -0.05) is 0 Å². The lowest BCUT2D eigenvalue weighted by atomic mass is 10.4. The lowest BCUT2D eigenvalue weighted by Crippen LogP contribution is -1.72. The van der Waals surface area contributed by atoms with Gasteiger partial charge in [-0.15, -0.1) is 10.2 Å². The van der Waals surface area contributed by atoms with Gasteiger partial charge in [-0.2, -0.15) is 0 Å². The molecule has 0 aromatic carbocycles. The number of hydrogen-bond acceptors (Lipinski definition) is 5. The quantitative estimate of drug-likeness (QED) is 0.658. The average molecular weight is 216 g/mol. The zero-order chi connectivity index (χ0) is 11.0. The number of aryl methyl sites for hydroxylation is 1. The second-order valence-corrected chi connectivity index (χ2v) is 3.30. The molecule has 3 heterocycles. The third kappa shape index (κ3) is 1.42. The Bertz CT molecular complexity index is 592. The molecule has 0 radical (unpaired) electrons. The van der Waals surface area contributed by atoms with E-state index < -0.39 is 0 Å². The van der Waals surface area contributed by atoms with Crippen LogP contribution in [0.1, 0.15) is 5.76 Å². The van der Waals surface area contributed by atoms with Gasteiger partial charge in [0.2, 0.25) is 0 Å². The predicted octanol–water partition coefficient (Wildman–Crippen LogP) is 2.90. The second-order valence-electron chi connectivity index (χ2n) is 3.30. The first kappa shape index (κ1) is 8.96. The van der Waals surface area contributed by atoms with Crippen LogP contribution in [0.4, 0.5) is 0 Å². The molecule has 0 spiro atoms. The molecule has 0 atom stereocenters. The maximum absolute atomic E-state index is 5.42. The molecule has 0 aliphatic heterocycles. The summed E-state index contributed by atoms with van der Waals surface area (Å²) in [5.41, 5.74) is 0. The van der Waals surface area contributed by atoms with E-state index in [0.29, 0.717) is 23.3 Å². The Hall–Kier alpha value is -2.30. The second kappa shape index (κ2) is 3.37. The van der Waals surface area contributed by atoms with Gasteiger partial charge in [-0.25, -0.2) is 0 Å². The summed E-state index contributed by atoms with van der Waals surface area (Å²) in [5.74, 6) is 2.59. The predicted molar refractivity (Wildman–Crippen MR) is 54.4 cm³/mol. The lowest BCUT2D eigenvalue weighted by molar-refractivity contribution is 0.491. The van der Waals surface area contributed by atoms with E-state index in [1.54, 1.807) is 24.5 Å². The van der Waals surface area contributed by atoms with Crippen LogP contribution in [0.3, 0.4) is 0 Å². The highest BCUT2D eigenvalue weighted by Crippen LogP contribution is 2.25. The fourth-order valence-electron chi connectivity index (χ4n) is 1.37. The van der Waals surface area contributed by atoms with E-state index >= 15 is 0 Å². The fourth-order valence-corrected chi connectivity index (χ4v) is 1.37. The Labute approximate surface area is 90.7 Å². The molecule has 80 valence electrons. The van der Waals surface area contributed by atoms with Crippen molar-refractivity contribution in [1.82, 2.24) is 10.2 Å². The molecule has 0 amide bonds. The van der Waals surface area contributed by atoms with Crippen molar-refractivity contribution >= 4 is 0 Å². The van der Waals surface area contributed by atoms with E-state index in [2.05, 4.69) is 10.2 Å². The van der Waals surface area contributed by atoms with Crippen LogP contribution in [0.15, 0.2) is 43.8 Å². The summed E-state index contributed by atoms with van der Waals surface area (Å²) in [7, 11) is 0. The molecule has 16 heavy (non-hydrogen) atoms. The van der Waals surface area contributed by atoms with E-state index in [-0.39, 0.29) is 0 Å². The Balaban J connectivity index is 2.00. The summed E-state index contributed by atoms with van der Waals surface area (Å²) in [6.07, 6.45) is 1.55. The zero-order valence-corrected chi connectivity index (χ0v) is 8.51. The van der Waals surface area contributed by atoms with Crippen LogP contribution in [0.25, 0.3) is 23.3 Å². The maximum Gasteiger partial charge on any atom is 0.284 e. The molecule has 0 bridgehead atoms. The Morgan fingerprint density at radius 1 is 0.938 bits per heavy atom. The van der Waals surface area contributed by atoms with Crippen LogP contribution in [0, 0.1) is 6.92 Å². The Kier molecular flexibility index (Phi) is 1.89. The van der Waals surface area contributed by atoms with E-state index in [1.165, 1.54) is 0 Å². The minimum atomic E-state index is 0.342. The highest BCUT2D eigenvalue weighted by Gasteiger charge is 2.14. The number of nitrogens with zero attached hydrogens (tertiary/aromatic N) is 2. The van der Waals surface area contributed by atoms with Crippen LogP contribution in [0.5, 0.6) is 0 Å². The van der Waals surface area contributed by atoms with E-state index in [9.17, 15) is 0 Å². The molecular weight excluding hydrogens is 208 g/mol. The summed E-state index contributed by atoms with van der Waals surface area (Å²) in [4.78, 5) is 0. The van der Waals surface area contributed by atoms with Gasteiger partial charge < -0.3 is 13.3 Å². The normalized spacial score (nSPS) is 10.8. The molecule has 0 fully saturated rings. The fraction of sp³-hybridized carbons (Fsp3) is 0.0909. The Morgan fingerprint density at radius 3 is 2.38 bits per heavy atom. The average Bonchev–Trinajstić information content (AvgIpc) is 2.97. The largest absolute Gasteiger partial charge is 0.459 e. The molecule has 3 aromatic heterocycles. The first-order valence-electron chi connectivity index (χ1n) is 4.77. The molecule has 3 aromatic rings. The molecule has 5 nitrogen and oxygen atoms in total. The lowest BCUT2D eigenvalue weighted by Gasteiger charge is -1.87. The van der Waals surface area contributed by atoms with Crippen molar-refractivity contribution in [2.75, 3.05) is 0 Å². The molecule has 0 saturated carbocycles. The van der Waals surface area contributed by atoms with Crippen molar-refractivity contribution < 1.29 is 13.3 Å². The maximum atomic E-state index is 5.42. The molecule has 0 saturated heterocycles. The van der Waals surface area contributed by atoms with Gasteiger partial charge in [0.25, 0.3) is 11.8 Å². The summed E-state index contributed by atoms with van der Waals surface area (Å²) in [5, 5.41) is 7.76. The highest BCUT2D eigenvalue weighted by molar-refractivity contribution is 5.49. The van der Waals surface area contributed by atoms with Crippen LogP contribution >= 0.6 is 0 Å². The van der Waals surface area contributed by atoms with Crippen LogP contribution in [-0.2, 0) is 0 Å². The van der Waals surface area contributed by atoms with Crippen molar-refractivity contribution in [1.29, 1.82) is 0 Å². The summed E-state index contributed by atoms with van der Waals surface area (Å²) in [6.45, 7) is 1.85. The van der Waals surface area contributed by atoms with Gasteiger partial charge in [0.15, 0.2) is 11.5 Å². The van der Waals surface area contributed by atoms with Crippen molar-refractivity contribution in [3.8, 4) is 23.3 Å². The summed E-state index contributed by atoms with van der Waals surface area (Å²) < 4.78 is 15.9. The first-order chi connectivity index (χ1) is 7.83. The molecular formula is C11H8N2O3. The standard InChI is InChI=1S/C11H8N2O3/c1-7-4-5-9(15-7)11-13-12-10(16-11)8-3-2-6-14-8/h2-6H,1H3. The third-order valence-corrected chi connectivity index (χ3v) is 2.11. The van der Waals surface area contributed by atoms with Crippen molar-refractivity contribution in [2.24, 2.45) is 0 Å². The van der Waals surface area contributed by atoms with Crippen LogP contribution in [0.2, 0.25) is 0 Å². The van der Waals surface area contributed by atoms with Crippen LogP contribution in [-0.4, -0.2) is 10.2 Å². The summed E-state index contributed by atoms with van der Waals surface area (Å²) in [6, 6.07) is 7.14. The molecule has 0 N–H and O–H groups in total. The van der Waals surface area contributed by atoms with Gasteiger partial charge in [0, 0.05) is 0 Å². The van der Waals surface area contributed by atoms with Gasteiger partial charge in [-0.05, 0) is 31.2 Å². The Morgan fingerprint density at radius 2 is 1.75 bits per heavy atom. The minimum Gasteiger partial charge on any atom is -0.459 e. The van der Waals surface area contributed by atoms with E-state index in [0.717, 1.165) is 5.76 Å². The van der Waals surface area contributed by atoms with Gasteiger partial charge in [0.1, 0.15) is 5.76 Å². The highest BCUT2D eigenvalue weighted by atomic mass is 16.4. The van der Waals surface area contributed by atoms with Crippen molar-refractivity contribution in [3.05, 3.63) is 36.3 Å². The van der Waals surface area contributed by atoms with Crippen molar-refractivity contribution in [2.45, 2.75) is 6.92 Å². The van der Waals surface area contributed by atoms with Crippen molar-refractivity contribution in [3.63, 3.8) is 0 Å². The topological polar surface area (TPSA) is 65.2 Å². The number of aromatic nitrogens is 2. The first-order valence-corrected chi connectivity index (χ1v) is 4.77. The molecule has 5 heteroatoms. The van der Waals surface area contributed by atoms with Gasteiger partial charge >= 0.3 is 0 Å². The number of furan rings is 2. The molecule has 0 aliphatic carbocycles. The zero-order valence-electron chi connectivity index (χ0n) is 8.51. The SMILES string of the molecule is Cc1ccc(-c2nnc(-c3ccco3)o2)o1. The monoisotopic (exact) mass is 216 g/mol. The van der Waals surface area contributed by atoms with E-state index in [1.807, 2.05) is 13.0 Å². The minimum absolute atomic E-state index is 0.342.